The van der Waals surface area contributed by atoms with Gasteiger partial charge in [0.15, 0.2) is 5.96 Å². The molecule has 1 heterocycles. The molecule has 1 saturated heterocycles. The number of guanidine groups is 1. The summed E-state index contributed by atoms with van der Waals surface area (Å²) in [5.41, 5.74) is 0. The lowest BCUT2D eigenvalue weighted by molar-refractivity contribution is 0.121. The topological polar surface area (TPSA) is 48.9 Å². The average molecular weight is 410 g/mol. The second-order valence-electron chi connectivity index (χ2n) is 6.06. The maximum absolute atomic E-state index is 5.14. The van der Waals surface area contributed by atoms with Gasteiger partial charge in [0.05, 0.1) is 6.61 Å². The third-order valence-corrected chi connectivity index (χ3v) is 4.36. The van der Waals surface area contributed by atoms with Gasteiger partial charge in [-0.3, -0.25) is 4.99 Å². The summed E-state index contributed by atoms with van der Waals surface area (Å²) in [4.78, 5) is 6.80. The lowest BCUT2D eigenvalue weighted by Gasteiger charge is -2.32. The lowest BCUT2D eigenvalue weighted by Crippen LogP contribution is -2.43. The molecule has 1 aliphatic heterocycles. The second-order valence-corrected chi connectivity index (χ2v) is 6.06. The fourth-order valence-corrected chi connectivity index (χ4v) is 2.66. The molecular weight excluding hydrogens is 379 g/mol. The van der Waals surface area contributed by atoms with Gasteiger partial charge in [0.1, 0.15) is 0 Å². The molecule has 1 aliphatic carbocycles. The zero-order valence-electron chi connectivity index (χ0n) is 13.4. The predicted molar refractivity (Wildman–Crippen MR) is 98.5 cm³/mol. The van der Waals surface area contributed by atoms with Gasteiger partial charge in [-0.1, -0.05) is 0 Å². The highest BCUT2D eigenvalue weighted by atomic mass is 127. The molecule has 0 radical (unpaired) electrons. The number of nitrogens with zero attached hydrogens (tertiary/aromatic N) is 2. The highest BCUT2D eigenvalue weighted by molar-refractivity contribution is 14.0. The number of methoxy groups -OCH3 is 1. The number of likely N-dealkylation sites (tertiary alicyclic amines) is 1. The summed E-state index contributed by atoms with van der Waals surface area (Å²) in [6.07, 6.45) is 5.31. The SMILES string of the molecule is CN=C(NCC1CC1)NCC1CCN(CCOC)CC1.I. The Morgan fingerprint density at radius 1 is 1.10 bits per heavy atom. The van der Waals surface area contributed by atoms with E-state index in [0.29, 0.717) is 0 Å². The van der Waals surface area contributed by atoms with Crippen LogP contribution in [-0.2, 0) is 4.74 Å². The largest absolute Gasteiger partial charge is 0.383 e. The number of nitrogens with one attached hydrogen (secondary N) is 2. The highest BCUT2D eigenvalue weighted by Crippen LogP contribution is 2.27. The van der Waals surface area contributed by atoms with E-state index in [9.17, 15) is 0 Å². The average Bonchev–Trinajstić information content (AvgIpc) is 3.30. The molecule has 5 nitrogen and oxygen atoms in total. The van der Waals surface area contributed by atoms with Gasteiger partial charge in [0.25, 0.3) is 0 Å². The van der Waals surface area contributed by atoms with Crippen LogP contribution in [0.15, 0.2) is 4.99 Å². The molecule has 2 fully saturated rings. The van der Waals surface area contributed by atoms with Crippen LogP contribution in [0.25, 0.3) is 0 Å². The van der Waals surface area contributed by atoms with E-state index in [1.54, 1.807) is 7.11 Å². The van der Waals surface area contributed by atoms with Crippen LogP contribution in [0.5, 0.6) is 0 Å². The van der Waals surface area contributed by atoms with E-state index in [0.717, 1.165) is 44.0 Å². The molecule has 1 saturated carbocycles. The number of halogens is 1. The summed E-state index contributed by atoms with van der Waals surface area (Å²) in [5, 5.41) is 6.90. The molecule has 0 aromatic rings. The Labute approximate surface area is 146 Å². The number of aliphatic imine (C=N–C) groups is 1. The first-order valence-electron chi connectivity index (χ1n) is 7.97. The molecule has 6 heteroatoms. The summed E-state index contributed by atoms with van der Waals surface area (Å²) < 4.78 is 5.14. The fraction of sp³-hybridized carbons (Fsp3) is 0.933. The maximum Gasteiger partial charge on any atom is 0.190 e. The number of hydrogen-bond donors (Lipinski definition) is 2. The minimum Gasteiger partial charge on any atom is -0.383 e. The lowest BCUT2D eigenvalue weighted by atomic mass is 9.97. The molecule has 0 unspecified atom stereocenters. The van der Waals surface area contributed by atoms with Gasteiger partial charge in [-0.2, -0.15) is 0 Å². The summed E-state index contributed by atoms with van der Waals surface area (Å²) >= 11 is 0. The summed E-state index contributed by atoms with van der Waals surface area (Å²) in [5.74, 6) is 2.63. The fourth-order valence-electron chi connectivity index (χ4n) is 2.66. The first-order chi connectivity index (χ1) is 9.81. The molecule has 0 bridgehead atoms. The van der Waals surface area contributed by atoms with E-state index in [1.165, 1.54) is 38.8 Å². The predicted octanol–water partition coefficient (Wildman–Crippen LogP) is 1.54. The molecule has 0 aromatic carbocycles. The van der Waals surface area contributed by atoms with Crippen LogP contribution >= 0.6 is 24.0 Å². The Bertz CT molecular complexity index is 302. The molecule has 0 aromatic heterocycles. The van der Waals surface area contributed by atoms with E-state index < -0.39 is 0 Å². The van der Waals surface area contributed by atoms with E-state index in [4.69, 9.17) is 4.74 Å². The number of piperidine rings is 1. The minimum absolute atomic E-state index is 0. The Balaban J connectivity index is 0.00000220. The van der Waals surface area contributed by atoms with E-state index in [-0.39, 0.29) is 24.0 Å². The van der Waals surface area contributed by atoms with Crippen molar-refractivity contribution in [2.45, 2.75) is 25.7 Å². The van der Waals surface area contributed by atoms with Crippen molar-refractivity contribution in [3.8, 4) is 0 Å². The van der Waals surface area contributed by atoms with E-state index >= 15 is 0 Å². The molecule has 0 amide bonds. The van der Waals surface area contributed by atoms with Crippen molar-refractivity contribution in [2.75, 3.05) is 53.5 Å². The smallest absolute Gasteiger partial charge is 0.190 e. The molecular formula is C15H31IN4O. The minimum atomic E-state index is 0. The van der Waals surface area contributed by atoms with Crippen LogP contribution < -0.4 is 10.6 Å². The molecule has 2 aliphatic rings. The van der Waals surface area contributed by atoms with Crippen LogP contribution in [0.4, 0.5) is 0 Å². The van der Waals surface area contributed by atoms with Crippen molar-refractivity contribution < 1.29 is 4.74 Å². The van der Waals surface area contributed by atoms with Crippen molar-refractivity contribution >= 4 is 29.9 Å². The van der Waals surface area contributed by atoms with Crippen molar-refractivity contribution in [3.63, 3.8) is 0 Å². The van der Waals surface area contributed by atoms with E-state index in [2.05, 4.69) is 20.5 Å². The number of rotatable bonds is 7. The zero-order valence-corrected chi connectivity index (χ0v) is 15.8. The Kier molecular flexibility index (Phi) is 9.59. The van der Waals surface area contributed by atoms with Crippen LogP contribution in [0, 0.1) is 11.8 Å². The van der Waals surface area contributed by atoms with Gasteiger partial charge in [-0.05, 0) is 50.6 Å². The third-order valence-electron chi connectivity index (χ3n) is 4.36. The number of ether oxygens (including phenoxy) is 1. The summed E-state index contributed by atoms with van der Waals surface area (Å²) in [6, 6.07) is 0. The summed E-state index contributed by atoms with van der Waals surface area (Å²) in [6.45, 7) is 6.44. The molecule has 2 N–H and O–H groups in total. The van der Waals surface area contributed by atoms with Gasteiger partial charge in [-0.15, -0.1) is 24.0 Å². The zero-order chi connectivity index (χ0) is 14.2. The highest BCUT2D eigenvalue weighted by Gasteiger charge is 2.22. The Hall–Kier alpha value is -0.0800. The maximum atomic E-state index is 5.14. The molecule has 2 rings (SSSR count). The number of hydrogen-bond acceptors (Lipinski definition) is 3. The van der Waals surface area contributed by atoms with Crippen LogP contribution in [0.2, 0.25) is 0 Å². The first-order valence-corrected chi connectivity index (χ1v) is 7.97. The summed E-state index contributed by atoms with van der Waals surface area (Å²) in [7, 11) is 3.63. The van der Waals surface area contributed by atoms with E-state index in [1.807, 2.05) is 7.05 Å². The van der Waals surface area contributed by atoms with Gasteiger partial charge < -0.3 is 20.3 Å². The van der Waals surface area contributed by atoms with Crippen molar-refractivity contribution in [2.24, 2.45) is 16.8 Å². The molecule has 21 heavy (non-hydrogen) atoms. The first kappa shape index (κ1) is 19.0. The van der Waals surface area contributed by atoms with Crippen LogP contribution in [0.1, 0.15) is 25.7 Å². The van der Waals surface area contributed by atoms with Crippen molar-refractivity contribution in [1.82, 2.24) is 15.5 Å². The second kappa shape index (κ2) is 10.6. The van der Waals surface area contributed by atoms with Gasteiger partial charge in [0.2, 0.25) is 0 Å². The molecule has 124 valence electrons. The van der Waals surface area contributed by atoms with Crippen LogP contribution in [0.3, 0.4) is 0 Å². The van der Waals surface area contributed by atoms with Gasteiger partial charge in [-0.25, -0.2) is 0 Å². The third kappa shape index (κ3) is 7.65. The normalized spacial score (nSPS) is 21.0. The molecule has 0 atom stereocenters. The monoisotopic (exact) mass is 410 g/mol. The standard InChI is InChI=1S/C15H30N4O.HI/c1-16-15(17-11-13-3-4-13)18-12-14-5-7-19(8-6-14)9-10-20-2;/h13-14H,3-12H2,1-2H3,(H2,16,17,18);1H. The van der Waals surface area contributed by atoms with Gasteiger partial charge in [0, 0.05) is 33.8 Å². The van der Waals surface area contributed by atoms with Gasteiger partial charge >= 0.3 is 0 Å². The van der Waals surface area contributed by atoms with Crippen molar-refractivity contribution in [3.05, 3.63) is 0 Å². The Morgan fingerprint density at radius 3 is 2.14 bits per heavy atom. The van der Waals surface area contributed by atoms with Crippen LogP contribution in [-0.4, -0.2) is 64.3 Å². The molecule has 0 spiro atoms. The quantitative estimate of drug-likeness (QED) is 0.380. The van der Waals surface area contributed by atoms with Crippen molar-refractivity contribution in [1.29, 1.82) is 0 Å². The Morgan fingerprint density at radius 2 is 1.67 bits per heavy atom.